The second-order valence-corrected chi connectivity index (χ2v) is 18.8. The maximum atomic E-state index is 11.8. The van der Waals surface area contributed by atoms with E-state index in [2.05, 4.69) is 57.6 Å². The first-order valence-corrected chi connectivity index (χ1v) is 25.9. The van der Waals surface area contributed by atoms with Crippen LogP contribution in [0.4, 0.5) is 46.3 Å². The van der Waals surface area contributed by atoms with E-state index in [9.17, 15) is 31.2 Å². The Morgan fingerprint density at radius 1 is 0.627 bits per heavy atom. The van der Waals surface area contributed by atoms with Crippen molar-refractivity contribution in [1.29, 1.82) is 5.26 Å². The van der Waals surface area contributed by atoms with Crippen LogP contribution in [-0.4, -0.2) is 119 Å². The molecule has 0 saturated heterocycles. The average Bonchev–Trinajstić information content (AvgIpc) is 4.31. The van der Waals surface area contributed by atoms with E-state index >= 15 is 0 Å². The molecule has 5 heterocycles. The van der Waals surface area contributed by atoms with E-state index in [0.29, 0.717) is 11.1 Å². The number of rotatable bonds is 13. The number of aromatic nitrogens is 11. The van der Waals surface area contributed by atoms with Gasteiger partial charge in [-0.15, -0.1) is 57.8 Å². The van der Waals surface area contributed by atoms with E-state index in [4.69, 9.17) is 58.5 Å². The van der Waals surface area contributed by atoms with Crippen molar-refractivity contribution in [2.45, 2.75) is 9.79 Å². The SMILES string of the molecule is O=S(=O)=O.O=S(=O)=O.[C-]#[N+]c1cnn(-c2c[c-]cc(S(=O)(=O)[O-])c2)c1N=Nc1c(-c2ccccc2)nn(-c2nc(N(C)C)nc(-n3nc(-c4ccccc4)c(N=Nc4c(C#N)cnn4-c4c[c-]cc(S(=O)(=O)[O-])c4)c3N)n2)c1N.[Li+].[Li+].[Li+].[Li+]. The zero-order chi connectivity index (χ0) is 57.3. The second-order valence-electron chi connectivity index (χ2n) is 15.2. The molecule has 0 spiro atoms. The molecule has 0 unspecified atom stereocenters. The van der Waals surface area contributed by atoms with E-state index in [1.54, 1.807) is 79.7 Å². The number of nitrogen functional groups attached to an aromatic ring is 2. The van der Waals surface area contributed by atoms with Crippen LogP contribution in [0.15, 0.2) is 140 Å². The number of nitriles is 1. The predicted octanol–water partition coefficient (Wildman–Crippen LogP) is -8.15. The van der Waals surface area contributed by atoms with Crippen LogP contribution in [-0.2, 0) is 41.5 Å². The van der Waals surface area contributed by atoms with Crippen LogP contribution in [0.2, 0.25) is 0 Å². The molecule has 0 saturated carbocycles. The van der Waals surface area contributed by atoms with Crippen molar-refractivity contribution in [2.24, 2.45) is 20.5 Å². The van der Waals surface area contributed by atoms with Crippen LogP contribution in [0.3, 0.4) is 0 Å². The van der Waals surface area contributed by atoms with E-state index in [0.717, 1.165) is 33.6 Å². The van der Waals surface area contributed by atoms with Gasteiger partial charge in [-0.1, -0.05) is 70.5 Å². The molecule has 400 valence electrons. The molecular weight excluding hydrogens is 1140 g/mol. The van der Waals surface area contributed by atoms with Crippen molar-refractivity contribution in [3.8, 4) is 51.9 Å². The third kappa shape index (κ3) is 16.5. The number of benzene rings is 4. The minimum Gasteiger partial charge on any atom is -0.754 e. The van der Waals surface area contributed by atoms with E-state index in [-0.39, 0.29) is 162 Å². The first-order chi connectivity index (χ1) is 37.5. The first-order valence-electron chi connectivity index (χ1n) is 21.1. The molecule has 0 atom stereocenters. The molecule has 0 aliphatic rings. The zero-order valence-corrected chi connectivity index (χ0v) is 46.9. The van der Waals surface area contributed by atoms with Gasteiger partial charge in [-0.2, -0.15) is 86.4 Å². The van der Waals surface area contributed by atoms with E-state index in [1.807, 2.05) is 6.07 Å². The van der Waals surface area contributed by atoms with Crippen LogP contribution in [0.25, 0.3) is 50.6 Å². The van der Waals surface area contributed by atoms with Crippen LogP contribution < -0.4 is 91.8 Å². The Balaban J connectivity index is 0.00000142. The maximum absolute atomic E-state index is 11.8. The number of nitrogens with two attached hydrogens (primary N) is 2. The standard InChI is InChI=1S/C43H30N20O6S2.4Li.2O3S/c1-47-32-24-49-61(29-17-11-19-31(21-29)71(67,68)69)40(32)56-54-36-34(26-14-8-5-9-15-26)58-63(38(36)46)43-51-41(59(2)3)50-42(52-43)62-37(45)35(33(57-62)25-12-6-4-7-13-25)53-55-39-27(22-44)23-48-60(39)28-16-10-18-30(20-28)70(64,65)66;;;;;2*1-4(2)3/h4-9,12-21,23-24H,45-46H2,2-3H3,(H,64,65,66)(H,67,68,69);;;;;;/q-2;4*+1;;/p-2. The molecule has 32 nitrogen and oxygen atoms in total. The van der Waals surface area contributed by atoms with Crippen molar-refractivity contribution < 1.29 is 127 Å². The quantitative estimate of drug-likeness (QED) is 0.0468. The molecule has 0 bridgehead atoms. The summed E-state index contributed by atoms with van der Waals surface area (Å²) >= 11 is 0. The third-order valence-electron chi connectivity index (χ3n) is 10.0. The first kappa shape index (κ1) is 69.0. The summed E-state index contributed by atoms with van der Waals surface area (Å²) in [6, 6.07) is 31.4. The molecule has 0 radical (unpaired) electrons. The molecule has 0 fully saturated rings. The van der Waals surface area contributed by atoms with Gasteiger partial charge in [-0.3, -0.25) is 26.2 Å². The summed E-state index contributed by atoms with van der Waals surface area (Å²) in [6.45, 7) is 7.76. The molecular formula is C43H28Li4N20O12S4. The Labute approximate surface area is 520 Å². The minimum atomic E-state index is -4.88. The molecule has 0 aliphatic heterocycles. The summed E-state index contributed by atoms with van der Waals surface area (Å²) in [7, 11) is -12.7. The van der Waals surface area contributed by atoms with Crippen LogP contribution in [0.5, 0.6) is 0 Å². The van der Waals surface area contributed by atoms with Gasteiger partial charge in [0.15, 0.2) is 34.6 Å². The summed E-state index contributed by atoms with van der Waals surface area (Å²) in [5, 5.41) is 45.4. The predicted molar refractivity (Wildman–Crippen MR) is 268 cm³/mol. The van der Waals surface area contributed by atoms with Gasteiger partial charge in [0.05, 0.1) is 39.2 Å². The average molecular weight is 1170 g/mol. The maximum Gasteiger partial charge on any atom is 1.00 e. The Bertz CT molecular complexity index is 4180. The molecule has 0 aliphatic carbocycles. The molecule has 4 N–H and O–H groups in total. The van der Waals surface area contributed by atoms with Crippen LogP contribution in [0, 0.1) is 30.0 Å². The fourth-order valence-corrected chi connectivity index (χ4v) is 7.62. The molecule has 9 aromatic rings. The smallest absolute Gasteiger partial charge is 0.754 e. The second kappa shape index (κ2) is 29.6. The number of nitrogens with zero attached hydrogens (tertiary/aromatic N) is 18. The van der Waals surface area contributed by atoms with Crippen molar-refractivity contribution in [2.75, 3.05) is 30.5 Å². The molecule has 40 heteroatoms. The van der Waals surface area contributed by atoms with Crippen molar-refractivity contribution >= 4 is 87.7 Å². The van der Waals surface area contributed by atoms with E-state index in [1.165, 1.54) is 33.9 Å². The Kier molecular flexibility index (Phi) is 24.7. The normalized spacial score (nSPS) is 10.7. The zero-order valence-electron chi connectivity index (χ0n) is 43.6. The number of anilines is 3. The molecule has 0 amide bonds. The molecule has 9 rings (SSSR count). The Hall–Kier alpha value is -8.24. The Morgan fingerprint density at radius 3 is 1.41 bits per heavy atom. The topological polar surface area (TPSA) is 460 Å². The van der Waals surface area contributed by atoms with Gasteiger partial charge in [0.25, 0.3) is 17.6 Å². The van der Waals surface area contributed by atoms with Crippen molar-refractivity contribution in [1.82, 2.24) is 54.1 Å². The summed E-state index contributed by atoms with van der Waals surface area (Å²) < 4.78 is 126. The summed E-state index contributed by atoms with van der Waals surface area (Å²) in [4.78, 5) is 17.8. The third-order valence-corrected chi connectivity index (χ3v) is 11.6. The summed E-state index contributed by atoms with van der Waals surface area (Å²) in [6.07, 6.45) is 2.36. The van der Waals surface area contributed by atoms with Gasteiger partial charge in [-0.25, -0.2) is 4.85 Å². The van der Waals surface area contributed by atoms with Crippen LogP contribution >= 0.6 is 0 Å². The van der Waals surface area contributed by atoms with Crippen molar-refractivity contribution in [3.05, 3.63) is 139 Å². The van der Waals surface area contributed by atoms with Gasteiger partial charge in [0, 0.05) is 25.2 Å². The van der Waals surface area contributed by atoms with Crippen molar-refractivity contribution in [3.63, 3.8) is 0 Å². The summed E-state index contributed by atoms with van der Waals surface area (Å²) in [5.74, 6) is -0.839. The van der Waals surface area contributed by atoms with Gasteiger partial charge in [0.2, 0.25) is 5.95 Å². The van der Waals surface area contributed by atoms with Gasteiger partial charge >= 0.3 is 96.7 Å². The van der Waals surface area contributed by atoms with Gasteiger partial charge in [-0.05, 0) is 11.4 Å². The fraction of sp³-hybridized carbons (Fsp3) is 0.0465. The molecule has 4 aromatic carbocycles. The van der Waals surface area contributed by atoms with E-state index < -0.39 is 51.2 Å². The number of hydrogen-bond acceptors (Lipinski definition) is 27. The van der Waals surface area contributed by atoms with Gasteiger partial charge in [0.1, 0.15) is 23.0 Å². The largest absolute Gasteiger partial charge is 1.00 e. The fourth-order valence-electron chi connectivity index (χ4n) is 6.67. The molecule has 5 aromatic heterocycles. The number of hydrogen-bond donors (Lipinski definition) is 2. The number of azo groups is 2. The Morgan fingerprint density at radius 2 is 1.02 bits per heavy atom. The summed E-state index contributed by atoms with van der Waals surface area (Å²) in [5.41, 5.74) is 15.0. The minimum absolute atomic E-state index is 0. The van der Waals surface area contributed by atoms with Gasteiger partial charge < -0.3 is 25.5 Å². The van der Waals surface area contributed by atoms with Crippen LogP contribution in [0.1, 0.15) is 5.56 Å². The molecule has 83 heavy (non-hydrogen) atoms. The monoisotopic (exact) mass is 1170 g/mol.